The zero-order valence-electron chi connectivity index (χ0n) is 10.6. The standard InChI is InChI=1S/C12H16N2O5/c1-19-12(18)10-4-2-3-9(13-10)11(17)14(5-7-15)6-8-16/h2-4,15-16H,5-8H2,1H3. The molecule has 19 heavy (non-hydrogen) atoms. The molecule has 0 saturated heterocycles. The fourth-order valence-electron chi connectivity index (χ4n) is 1.49. The first-order valence-corrected chi connectivity index (χ1v) is 5.70. The van der Waals surface area contributed by atoms with E-state index in [9.17, 15) is 9.59 Å². The number of ether oxygens (including phenoxy) is 1. The topological polar surface area (TPSA) is 100.0 Å². The number of aromatic nitrogens is 1. The first-order chi connectivity index (χ1) is 9.13. The van der Waals surface area contributed by atoms with Crippen molar-refractivity contribution in [1.82, 2.24) is 9.88 Å². The number of hydrogen-bond donors (Lipinski definition) is 2. The molecule has 2 N–H and O–H groups in total. The highest BCUT2D eigenvalue weighted by Gasteiger charge is 2.18. The summed E-state index contributed by atoms with van der Waals surface area (Å²) in [5.41, 5.74) is 0.0890. The second-order valence-electron chi connectivity index (χ2n) is 3.64. The lowest BCUT2D eigenvalue weighted by atomic mass is 10.2. The molecule has 0 saturated carbocycles. The van der Waals surface area contributed by atoms with Crippen LogP contribution in [-0.4, -0.2) is 65.4 Å². The van der Waals surface area contributed by atoms with E-state index in [-0.39, 0.29) is 37.7 Å². The molecule has 0 atom stereocenters. The van der Waals surface area contributed by atoms with Gasteiger partial charge in [-0.25, -0.2) is 9.78 Å². The molecule has 1 rings (SSSR count). The lowest BCUT2D eigenvalue weighted by Crippen LogP contribution is -2.36. The van der Waals surface area contributed by atoms with Crippen LogP contribution in [0.4, 0.5) is 0 Å². The third kappa shape index (κ3) is 4.01. The monoisotopic (exact) mass is 268 g/mol. The van der Waals surface area contributed by atoms with E-state index >= 15 is 0 Å². The lowest BCUT2D eigenvalue weighted by Gasteiger charge is -2.20. The summed E-state index contributed by atoms with van der Waals surface area (Å²) in [4.78, 5) is 28.6. The van der Waals surface area contributed by atoms with Gasteiger partial charge in [-0.05, 0) is 12.1 Å². The van der Waals surface area contributed by atoms with Crippen molar-refractivity contribution in [3.8, 4) is 0 Å². The minimum atomic E-state index is -0.634. The van der Waals surface area contributed by atoms with Gasteiger partial charge in [-0.3, -0.25) is 4.79 Å². The molecule has 104 valence electrons. The molecular formula is C12H16N2O5. The predicted molar refractivity (Wildman–Crippen MR) is 65.7 cm³/mol. The number of nitrogens with zero attached hydrogens (tertiary/aromatic N) is 2. The Labute approximate surface area is 110 Å². The fourth-order valence-corrected chi connectivity index (χ4v) is 1.49. The van der Waals surface area contributed by atoms with Gasteiger partial charge in [-0.1, -0.05) is 6.07 Å². The zero-order chi connectivity index (χ0) is 14.3. The van der Waals surface area contributed by atoms with Crippen LogP contribution in [0.25, 0.3) is 0 Å². The summed E-state index contributed by atoms with van der Waals surface area (Å²) in [5, 5.41) is 17.7. The average molecular weight is 268 g/mol. The van der Waals surface area contributed by atoms with Crippen molar-refractivity contribution < 1.29 is 24.5 Å². The molecule has 0 aromatic carbocycles. The molecule has 0 bridgehead atoms. The molecule has 0 spiro atoms. The molecule has 0 radical (unpaired) electrons. The Bertz CT molecular complexity index is 444. The molecule has 0 aliphatic rings. The fraction of sp³-hybridized carbons (Fsp3) is 0.417. The van der Waals surface area contributed by atoms with Crippen molar-refractivity contribution >= 4 is 11.9 Å². The van der Waals surface area contributed by atoms with Crippen LogP contribution in [0.3, 0.4) is 0 Å². The highest BCUT2D eigenvalue weighted by Crippen LogP contribution is 2.05. The number of carbonyl (C=O) groups excluding carboxylic acids is 2. The predicted octanol–water partition coefficient (Wildman–Crippen LogP) is -0.705. The average Bonchev–Trinajstić information content (AvgIpc) is 2.45. The molecule has 7 heteroatoms. The molecule has 1 aromatic rings. The molecule has 0 aliphatic heterocycles. The third-order valence-electron chi connectivity index (χ3n) is 2.39. The van der Waals surface area contributed by atoms with Gasteiger partial charge in [0.1, 0.15) is 11.4 Å². The van der Waals surface area contributed by atoms with Gasteiger partial charge < -0.3 is 19.8 Å². The minimum absolute atomic E-state index is 0.0290. The number of aliphatic hydroxyl groups excluding tert-OH is 2. The van der Waals surface area contributed by atoms with Gasteiger partial charge >= 0.3 is 5.97 Å². The number of methoxy groups -OCH3 is 1. The molecule has 1 aromatic heterocycles. The smallest absolute Gasteiger partial charge is 0.356 e. The van der Waals surface area contributed by atoms with E-state index in [0.717, 1.165) is 0 Å². The number of aliphatic hydroxyl groups is 2. The van der Waals surface area contributed by atoms with Crippen molar-refractivity contribution in [1.29, 1.82) is 0 Å². The van der Waals surface area contributed by atoms with Crippen molar-refractivity contribution in [2.75, 3.05) is 33.4 Å². The molecule has 1 heterocycles. The van der Waals surface area contributed by atoms with E-state index in [2.05, 4.69) is 9.72 Å². The van der Waals surface area contributed by atoms with Gasteiger partial charge in [0.15, 0.2) is 0 Å². The molecule has 0 fully saturated rings. The number of amides is 1. The van der Waals surface area contributed by atoms with Crippen LogP contribution in [0.15, 0.2) is 18.2 Å². The highest BCUT2D eigenvalue weighted by molar-refractivity contribution is 5.94. The van der Waals surface area contributed by atoms with Crippen LogP contribution in [0.2, 0.25) is 0 Å². The van der Waals surface area contributed by atoms with Crippen LogP contribution < -0.4 is 0 Å². The summed E-state index contributed by atoms with van der Waals surface area (Å²) < 4.78 is 4.52. The normalized spacial score (nSPS) is 10.1. The Balaban J connectivity index is 2.94. The summed E-state index contributed by atoms with van der Waals surface area (Å²) in [6, 6.07) is 4.41. The van der Waals surface area contributed by atoms with Crippen LogP contribution in [-0.2, 0) is 4.74 Å². The van der Waals surface area contributed by atoms with E-state index in [1.165, 1.54) is 30.2 Å². The van der Waals surface area contributed by atoms with Crippen molar-refractivity contribution in [2.24, 2.45) is 0 Å². The number of hydrogen-bond acceptors (Lipinski definition) is 6. The second-order valence-corrected chi connectivity index (χ2v) is 3.64. The van der Waals surface area contributed by atoms with Crippen molar-refractivity contribution in [3.05, 3.63) is 29.6 Å². The summed E-state index contributed by atoms with van der Waals surface area (Å²) in [7, 11) is 1.22. The molecule has 0 unspecified atom stereocenters. The van der Waals surface area contributed by atoms with Gasteiger partial charge in [0, 0.05) is 13.1 Å². The molecule has 1 amide bonds. The minimum Gasteiger partial charge on any atom is -0.464 e. The summed E-state index contributed by atoms with van der Waals surface area (Å²) >= 11 is 0. The zero-order valence-corrected chi connectivity index (χ0v) is 10.6. The van der Waals surface area contributed by atoms with Crippen molar-refractivity contribution in [2.45, 2.75) is 0 Å². The molecular weight excluding hydrogens is 252 g/mol. The quantitative estimate of drug-likeness (QED) is 0.661. The maximum atomic E-state index is 12.1. The number of carbonyl (C=O) groups is 2. The van der Waals surface area contributed by atoms with E-state index in [1.54, 1.807) is 0 Å². The lowest BCUT2D eigenvalue weighted by molar-refractivity contribution is 0.0593. The Morgan fingerprint density at radius 1 is 1.21 bits per heavy atom. The Morgan fingerprint density at radius 2 is 1.79 bits per heavy atom. The highest BCUT2D eigenvalue weighted by atomic mass is 16.5. The van der Waals surface area contributed by atoms with Crippen LogP contribution >= 0.6 is 0 Å². The Hall–Kier alpha value is -1.99. The van der Waals surface area contributed by atoms with E-state index in [0.29, 0.717) is 0 Å². The van der Waals surface area contributed by atoms with Crippen molar-refractivity contribution in [3.63, 3.8) is 0 Å². The maximum absolute atomic E-state index is 12.1. The largest absolute Gasteiger partial charge is 0.464 e. The van der Waals surface area contributed by atoms with E-state index in [1.807, 2.05) is 0 Å². The first-order valence-electron chi connectivity index (χ1n) is 5.70. The third-order valence-corrected chi connectivity index (χ3v) is 2.39. The Kier molecular flexibility index (Phi) is 5.91. The SMILES string of the molecule is COC(=O)c1cccc(C(=O)N(CCO)CCO)n1. The van der Waals surface area contributed by atoms with Gasteiger partial charge in [-0.2, -0.15) is 0 Å². The van der Waals surface area contributed by atoms with Crippen LogP contribution in [0.5, 0.6) is 0 Å². The maximum Gasteiger partial charge on any atom is 0.356 e. The van der Waals surface area contributed by atoms with Crippen LogP contribution in [0, 0.1) is 0 Å². The first kappa shape index (κ1) is 15.1. The molecule has 7 nitrogen and oxygen atoms in total. The second kappa shape index (κ2) is 7.45. The number of pyridine rings is 1. The van der Waals surface area contributed by atoms with Gasteiger partial charge in [-0.15, -0.1) is 0 Å². The Morgan fingerprint density at radius 3 is 2.32 bits per heavy atom. The molecule has 0 aliphatic carbocycles. The number of esters is 1. The van der Waals surface area contributed by atoms with E-state index < -0.39 is 11.9 Å². The van der Waals surface area contributed by atoms with Gasteiger partial charge in [0.05, 0.1) is 20.3 Å². The van der Waals surface area contributed by atoms with Gasteiger partial charge in [0.2, 0.25) is 0 Å². The summed E-state index contributed by atoms with van der Waals surface area (Å²) in [6.07, 6.45) is 0. The summed E-state index contributed by atoms with van der Waals surface area (Å²) in [6.45, 7) is -0.266. The van der Waals surface area contributed by atoms with E-state index in [4.69, 9.17) is 10.2 Å². The number of rotatable bonds is 6. The van der Waals surface area contributed by atoms with Crippen LogP contribution in [0.1, 0.15) is 21.0 Å². The van der Waals surface area contributed by atoms with Gasteiger partial charge in [0.25, 0.3) is 5.91 Å². The summed E-state index contributed by atoms with van der Waals surface area (Å²) in [5.74, 6) is -1.10.